The van der Waals surface area contributed by atoms with Crippen LogP contribution in [0.2, 0.25) is 0 Å². The number of para-hydroxylation sites is 1. The Kier molecular flexibility index (Phi) is 6.03. The van der Waals surface area contributed by atoms with Crippen LogP contribution in [0.25, 0.3) is 0 Å². The Bertz CT molecular complexity index is 857. The fourth-order valence-electron chi connectivity index (χ4n) is 3.00. The predicted molar refractivity (Wildman–Crippen MR) is 115 cm³/mol. The van der Waals surface area contributed by atoms with Crippen molar-refractivity contribution in [3.8, 4) is 0 Å². The summed E-state index contributed by atoms with van der Waals surface area (Å²) in [6.07, 6.45) is 0.964. The van der Waals surface area contributed by atoms with E-state index in [0.717, 1.165) is 12.1 Å². The summed E-state index contributed by atoms with van der Waals surface area (Å²) >= 11 is 5.62. The molecule has 0 fully saturated rings. The zero-order valence-corrected chi connectivity index (χ0v) is 16.0. The number of hydrogen-bond donors (Lipinski definition) is 2. The average Bonchev–Trinajstić information content (AvgIpc) is 2.68. The van der Waals surface area contributed by atoms with E-state index in [0.29, 0.717) is 5.11 Å². The molecular weight excluding hydrogens is 336 g/mol. The van der Waals surface area contributed by atoms with E-state index in [4.69, 9.17) is 12.2 Å². The van der Waals surface area contributed by atoms with Crippen molar-refractivity contribution in [2.75, 3.05) is 5.32 Å². The number of nitrogens with one attached hydrogen (secondary N) is 2. The predicted octanol–water partition coefficient (Wildman–Crippen LogP) is 5.63. The number of thiocarbonyl (C=S) groups is 1. The van der Waals surface area contributed by atoms with Gasteiger partial charge >= 0.3 is 0 Å². The molecule has 0 aliphatic rings. The van der Waals surface area contributed by atoms with Gasteiger partial charge in [0.15, 0.2) is 5.11 Å². The highest BCUT2D eigenvalue weighted by molar-refractivity contribution is 7.80. The van der Waals surface area contributed by atoms with Gasteiger partial charge in [-0.3, -0.25) is 0 Å². The minimum Gasteiger partial charge on any atom is -0.352 e. The highest BCUT2D eigenvalue weighted by atomic mass is 32.1. The molecule has 2 nitrogen and oxygen atoms in total. The van der Waals surface area contributed by atoms with Gasteiger partial charge in [-0.2, -0.15) is 0 Å². The normalized spacial score (nSPS) is 11.6. The van der Waals surface area contributed by atoms with Crippen molar-refractivity contribution in [2.45, 2.75) is 26.3 Å². The third-order valence-corrected chi connectivity index (χ3v) is 4.69. The highest BCUT2D eigenvalue weighted by Crippen LogP contribution is 2.23. The zero-order chi connectivity index (χ0) is 18.4. The second-order valence-corrected chi connectivity index (χ2v) is 6.77. The number of rotatable bonds is 5. The van der Waals surface area contributed by atoms with Gasteiger partial charge in [-0.1, -0.05) is 85.3 Å². The lowest BCUT2D eigenvalue weighted by Crippen LogP contribution is -2.33. The second-order valence-electron chi connectivity index (χ2n) is 6.36. The van der Waals surface area contributed by atoms with Crippen molar-refractivity contribution in [2.24, 2.45) is 0 Å². The lowest BCUT2D eigenvalue weighted by molar-refractivity contribution is 0.768. The van der Waals surface area contributed by atoms with Crippen LogP contribution >= 0.6 is 12.2 Å². The van der Waals surface area contributed by atoms with Crippen LogP contribution in [-0.2, 0) is 6.42 Å². The molecule has 0 aliphatic carbocycles. The van der Waals surface area contributed by atoms with Gasteiger partial charge in [-0.05, 0) is 48.3 Å². The van der Waals surface area contributed by atoms with Gasteiger partial charge in [-0.25, -0.2) is 0 Å². The molecule has 0 aliphatic heterocycles. The first kappa shape index (κ1) is 18.2. The lowest BCUT2D eigenvalue weighted by Gasteiger charge is -2.23. The van der Waals surface area contributed by atoms with Crippen molar-refractivity contribution >= 4 is 23.0 Å². The van der Waals surface area contributed by atoms with Crippen molar-refractivity contribution in [1.29, 1.82) is 0 Å². The van der Waals surface area contributed by atoms with E-state index in [-0.39, 0.29) is 6.04 Å². The van der Waals surface area contributed by atoms with Gasteiger partial charge in [0.2, 0.25) is 0 Å². The molecule has 0 heterocycles. The third-order valence-electron chi connectivity index (χ3n) is 4.47. The maximum absolute atomic E-state index is 5.62. The van der Waals surface area contributed by atoms with Crippen LogP contribution in [0.5, 0.6) is 0 Å². The first-order chi connectivity index (χ1) is 12.7. The molecule has 0 bridgehead atoms. The van der Waals surface area contributed by atoms with E-state index < -0.39 is 0 Å². The van der Waals surface area contributed by atoms with Gasteiger partial charge < -0.3 is 10.6 Å². The van der Waals surface area contributed by atoms with Crippen LogP contribution in [0.3, 0.4) is 0 Å². The van der Waals surface area contributed by atoms with E-state index >= 15 is 0 Å². The van der Waals surface area contributed by atoms with E-state index in [1.165, 1.54) is 22.3 Å². The van der Waals surface area contributed by atoms with Crippen LogP contribution in [0.15, 0.2) is 78.9 Å². The average molecular weight is 361 g/mol. The van der Waals surface area contributed by atoms with Crippen LogP contribution in [0.4, 0.5) is 5.69 Å². The quantitative estimate of drug-likeness (QED) is 0.576. The Morgan fingerprint density at radius 3 is 2.15 bits per heavy atom. The van der Waals surface area contributed by atoms with Crippen molar-refractivity contribution < 1.29 is 0 Å². The number of hydrogen-bond acceptors (Lipinski definition) is 1. The largest absolute Gasteiger partial charge is 0.352 e. The number of anilines is 1. The summed E-state index contributed by atoms with van der Waals surface area (Å²) in [4.78, 5) is 0. The summed E-state index contributed by atoms with van der Waals surface area (Å²) < 4.78 is 0. The molecule has 0 aromatic heterocycles. The van der Waals surface area contributed by atoms with Crippen molar-refractivity contribution in [3.05, 3.63) is 101 Å². The summed E-state index contributed by atoms with van der Waals surface area (Å²) in [5.41, 5.74) is 5.93. The van der Waals surface area contributed by atoms with Gasteiger partial charge in [0.05, 0.1) is 6.04 Å². The summed E-state index contributed by atoms with van der Waals surface area (Å²) in [6, 6.07) is 27.3. The highest BCUT2D eigenvalue weighted by Gasteiger charge is 2.15. The maximum atomic E-state index is 5.62. The Morgan fingerprint density at radius 2 is 1.46 bits per heavy atom. The molecule has 0 saturated heterocycles. The van der Waals surface area contributed by atoms with E-state index in [1.54, 1.807) is 0 Å². The molecule has 3 aromatic rings. The van der Waals surface area contributed by atoms with Crippen molar-refractivity contribution in [3.63, 3.8) is 0 Å². The summed E-state index contributed by atoms with van der Waals surface area (Å²) in [7, 11) is 0. The molecule has 3 heteroatoms. The minimum absolute atomic E-state index is 0.00517. The van der Waals surface area contributed by atoms with Crippen LogP contribution in [0, 0.1) is 6.92 Å². The first-order valence-corrected chi connectivity index (χ1v) is 9.35. The zero-order valence-electron chi connectivity index (χ0n) is 15.2. The fourth-order valence-corrected chi connectivity index (χ4v) is 3.23. The first-order valence-electron chi connectivity index (χ1n) is 8.94. The molecular formula is C23H24N2S. The monoisotopic (exact) mass is 360 g/mol. The number of benzene rings is 3. The molecule has 26 heavy (non-hydrogen) atoms. The molecule has 0 amide bonds. The topological polar surface area (TPSA) is 24.1 Å². The Morgan fingerprint density at radius 1 is 0.846 bits per heavy atom. The van der Waals surface area contributed by atoms with Crippen LogP contribution in [-0.4, -0.2) is 5.11 Å². The molecule has 0 saturated carbocycles. The van der Waals surface area contributed by atoms with E-state index in [9.17, 15) is 0 Å². The molecule has 0 unspecified atom stereocenters. The summed E-state index contributed by atoms with van der Waals surface area (Å²) in [6.45, 7) is 4.25. The van der Waals surface area contributed by atoms with Gasteiger partial charge in [0.1, 0.15) is 0 Å². The standard InChI is InChI=1S/C23H24N2S/c1-3-18-9-7-8-12-21(18)24-23(26)25-22(19-10-5-4-6-11-19)20-15-13-17(2)14-16-20/h4-16,22H,3H2,1-2H3,(H2,24,25,26)/t22-/m0/s1. The molecule has 0 radical (unpaired) electrons. The fraction of sp³-hybridized carbons (Fsp3) is 0.174. The second kappa shape index (κ2) is 8.63. The Balaban J connectivity index is 1.83. The number of aryl methyl sites for hydroxylation is 2. The Hall–Kier alpha value is -2.65. The van der Waals surface area contributed by atoms with Gasteiger partial charge in [0.25, 0.3) is 0 Å². The maximum Gasteiger partial charge on any atom is 0.171 e. The van der Waals surface area contributed by atoms with Crippen LogP contribution < -0.4 is 10.6 Å². The molecule has 1 atom stereocenters. The smallest absolute Gasteiger partial charge is 0.171 e. The summed E-state index contributed by atoms with van der Waals surface area (Å²) in [5.74, 6) is 0. The van der Waals surface area contributed by atoms with Crippen LogP contribution in [0.1, 0.15) is 35.2 Å². The molecule has 0 spiro atoms. The molecule has 3 aromatic carbocycles. The molecule has 2 N–H and O–H groups in total. The SMILES string of the molecule is CCc1ccccc1NC(=S)N[C@@H](c1ccccc1)c1ccc(C)cc1. The summed E-state index contributed by atoms with van der Waals surface area (Å²) in [5, 5.41) is 7.48. The minimum atomic E-state index is 0.00517. The third kappa shape index (κ3) is 4.50. The molecule has 132 valence electrons. The lowest BCUT2D eigenvalue weighted by atomic mass is 9.98. The van der Waals surface area contributed by atoms with Gasteiger partial charge in [-0.15, -0.1) is 0 Å². The van der Waals surface area contributed by atoms with Gasteiger partial charge in [0, 0.05) is 5.69 Å². The van der Waals surface area contributed by atoms with E-state index in [1.807, 2.05) is 12.1 Å². The Labute approximate surface area is 161 Å². The van der Waals surface area contributed by atoms with Crippen molar-refractivity contribution in [1.82, 2.24) is 5.32 Å². The van der Waals surface area contributed by atoms with E-state index in [2.05, 4.69) is 91.2 Å². The molecule has 3 rings (SSSR count).